The van der Waals surface area contributed by atoms with E-state index in [1.807, 2.05) is 39.0 Å². The van der Waals surface area contributed by atoms with Crippen molar-refractivity contribution in [3.05, 3.63) is 18.2 Å². The first-order valence-corrected chi connectivity index (χ1v) is 7.10. The second-order valence-corrected chi connectivity index (χ2v) is 4.22. The lowest BCUT2D eigenvalue weighted by atomic mass is 10.2. The van der Waals surface area contributed by atoms with Gasteiger partial charge in [0.2, 0.25) is 0 Å². The first kappa shape index (κ1) is 16.6. The average molecular weight is 283 g/mol. The summed E-state index contributed by atoms with van der Waals surface area (Å²) in [6, 6.07) is 5.65. The highest BCUT2D eigenvalue weighted by molar-refractivity contribution is 5.54. The van der Waals surface area contributed by atoms with Gasteiger partial charge in [-0.15, -0.1) is 0 Å². The molecule has 0 amide bonds. The van der Waals surface area contributed by atoms with Gasteiger partial charge in [0, 0.05) is 24.9 Å². The van der Waals surface area contributed by atoms with Crippen molar-refractivity contribution in [2.24, 2.45) is 0 Å². The fraction of sp³-hybridized carbons (Fsp3) is 0.600. The van der Waals surface area contributed by atoms with E-state index < -0.39 is 6.10 Å². The molecule has 0 heterocycles. The van der Waals surface area contributed by atoms with Gasteiger partial charge in [-0.05, 0) is 32.9 Å². The minimum absolute atomic E-state index is 0.332. The second-order valence-electron chi connectivity index (χ2n) is 4.22. The largest absolute Gasteiger partial charge is 0.490 e. The standard InChI is InChI=1S/C15H25NO4/c1-4-18-11-13(17)10-16-12-7-8-14(19-5-2)15(9-12)20-6-3/h7-9,13,16-17H,4-6,10-11H2,1-3H3. The maximum Gasteiger partial charge on any atom is 0.163 e. The Morgan fingerprint density at radius 1 is 1.05 bits per heavy atom. The van der Waals surface area contributed by atoms with Gasteiger partial charge in [-0.1, -0.05) is 0 Å². The fourth-order valence-corrected chi connectivity index (χ4v) is 1.71. The lowest BCUT2D eigenvalue weighted by Crippen LogP contribution is -2.24. The van der Waals surface area contributed by atoms with Crippen molar-refractivity contribution < 1.29 is 19.3 Å². The fourth-order valence-electron chi connectivity index (χ4n) is 1.71. The molecule has 5 heteroatoms. The average Bonchev–Trinajstić information content (AvgIpc) is 2.45. The number of benzene rings is 1. The van der Waals surface area contributed by atoms with Crippen molar-refractivity contribution in [2.75, 3.05) is 38.3 Å². The van der Waals surface area contributed by atoms with Gasteiger partial charge < -0.3 is 24.6 Å². The molecule has 1 atom stereocenters. The number of hydrogen-bond donors (Lipinski definition) is 2. The van der Waals surface area contributed by atoms with Crippen LogP contribution in [0, 0.1) is 0 Å². The van der Waals surface area contributed by atoms with E-state index in [0.29, 0.717) is 38.7 Å². The normalized spacial score (nSPS) is 12.0. The van der Waals surface area contributed by atoms with Crippen molar-refractivity contribution in [2.45, 2.75) is 26.9 Å². The summed E-state index contributed by atoms with van der Waals surface area (Å²) in [6.45, 7) is 8.32. The summed E-state index contributed by atoms with van der Waals surface area (Å²) in [6.07, 6.45) is -0.530. The third kappa shape index (κ3) is 5.67. The van der Waals surface area contributed by atoms with Gasteiger partial charge in [0.05, 0.1) is 25.9 Å². The molecule has 1 unspecified atom stereocenters. The highest BCUT2D eigenvalue weighted by atomic mass is 16.5. The lowest BCUT2D eigenvalue weighted by Gasteiger charge is -2.15. The summed E-state index contributed by atoms with van der Waals surface area (Å²) in [5, 5.41) is 12.9. The SMILES string of the molecule is CCOCC(O)CNc1ccc(OCC)c(OCC)c1. The van der Waals surface area contributed by atoms with Crippen LogP contribution >= 0.6 is 0 Å². The molecule has 5 nitrogen and oxygen atoms in total. The van der Waals surface area contributed by atoms with Crippen LogP contribution in [0.3, 0.4) is 0 Å². The van der Waals surface area contributed by atoms with E-state index in [1.165, 1.54) is 0 Å². The van der Waals surface area contributed by atoms with E-state index in [2.05, 4.69) is 5.32 Å². The van der Waals surface area contributed by atoms with Gasteiger partial charge in [-0.3, -0.25) is 0 Å². The highest BCUT2D eigenvalue weighted by Crippen LogP contribution is 2.30. The van der Waals surface area contributed by atoms with E-state index in [0.717, 1.165) is 11.4 Å². The molecule has 0 saturated heterocycles. The molecule has 0 aliphatic heterocycles. The van der Waals surface area contributed by atoms with Gasteiger partial charge in [0.25, 0.3) is 0 Å². The Labute approximate surface area is 120 Å². The number of aliphatic hydroxyl groups is 1. The zero-order valence-electron chi connectivity index (χ0n) is 12.5. The van der Waals surface area contributed by atoms with Crippen LogP contribution in [0.4, 0.5) is 5.69 Å². The molecule has 2 N–H and O–H groups in total. The minimum Gasteiger partial charge on any atom is -0.490 e. The van der Waals surface area contributed by atoms with Crippen LogP contribution in [-0.4, -0.2) is 44.2 Å². The van der Waals surface area contributed by atoms with Crippen LogP contribution in [0.15, 0.2) is 18.2 Å². The Bertz CT molecular complexity index is 384. The second kappa shape index (κ2) is 9.44. The summed E-state index contributed by atoms with van der Waals surface area (Å²) in [4.78, 5) is 0. The summed E-state index contributed by atoms with van der Waals surface area (Å²) in [5.74, 6) is 1.44. The number of rotatable bonds is 10. The van der Waals surface area contributed by atoms with Crippen molar-refractivity contribution in [1.29, 1.82) is 0 Å². The Balaban J connectivity index is 2.59. The molecule has 0 aromatic heterocycles. The number of ether oxygens (including phenoxy) is 3. The maximum atomic E-state index is 9.71. The first-order chi connectivity index (χ1) is 9.71. The lowest BCUT2D eigenvalue weighted by molar-refractivity contribution is 0.0496. The molecule has 1 aromatic carbocycles. The molecule has 1 aromatic rings. The van der Waals surface area contributed by atoms with Crippen molar-refractivity contribution >= 4 is 5.69 Å². The molecule has 0 fully saturated rings. The maximum absolute atomic E-state index is 9.71. The summed E-state index contributed by atoms with van der Waals surface area (Å²) in [5.41, 5.74) is 0.882. The Kier molecular flexibility index (Phi) is 7.84. The zero-order chi connectivity index (χ0) is 14.8. The van der Waals surface area contributed by atoms with E-state index in [1.54, 1.807) is 0 Å². The van der Waals surface area contributed by atoms with Gasteiger partial charge >= 0.3 is 0 Å². The third-order valence-electron chi connectivity index (χ3n) is 2.60. The van der Waals surface area contributed by atoms with Crippen LogP contribution < -0.4 is 14.8 Å². The van der Waals surface area contributed by atoms with Crippen LogP contribution in [0.5, 0.6) is 11.5 Å². The monoisotopic (exact) mass is 283 g/mol. The molecule has 0 aliphatic carbocycles. The van der Waals surface area contributed by atoms with Gasteiger partial charge in [-0.2, -0.15) is 0 Å². The van der Waals surface area contributed by atoms with Crippen molar-refractivity contribution in [3.8, 4) is 11.5 Å². The molecular formula is C15H25NO4. The molecule has 0 spiro atoms. The molecule has 20 heavy (non-hydrogen) atoms. The molecule has 0 aliphatic rings. The van der Waals surface area contributed by atoms with Gasteiger partial charge in [0.15, 0.2) is 11.5 Å². The van der Waals surface area contributed by atoms with Crippen LogP contribution in [0.2, 0.25) is 0 Å². The molecule has 0 radical (unpaired) electrons. The van der Waals surface area contributed by atoms with E-state index in [4.69, 9.17) is 14.2 Å². The van der Waals surface area contributed by atoms with Gasteiger partial charge in [-0.25, -0.2) is 0 Å². The van der Waals surface area contributed by atoms with Crippen molar-refractivity contribution in [3.63, 3.8) is 0 Å². The quantitative estimate of drug-likeness (QED) is 0.690. The molecule has 0 bridgehead atoms. The summed E-state index contributed by atoms with van der Waals surface area (Å²) < 4.78 is 16.2. The minimum atomic E-state index is -0.530. The third-order valence-corrected chi connectivity index (χ3v) is 2.60. The zero-order valence-corrected chi connectivity index (χ0v) is 12.5. The Morgan fingerprint density at radius 3 is 2.40 bits per heavy atom. The van der Waals surface area contributed by atoms with Crippen LogP contribution in [0.25, 0.3) is 0 Å². The van der Waals surface area contributed by atoms with Crippen LogP contribution in [-0.2, 0) is 4.74 Å². The smallest absolute Gasteiger partial charge is 0.163 e. The molecular weight excluding hydrogens is 258 g/mol. The highest BCUT2D eigenvalue weighted by Gasteiger charge is 2.08. The summed E-state index contributed by atoms with van der Waals surface area (Å²) in [7, 11) is 0. The number of aliphatic hydroxyl groups excluding tert-OH is 1. The van der Waals surface area contributed by atoms with Crippen molar-refractivity contribution in [1.82, 2.24) is 0 Å². The molecule has 1 rings (SSSR count). The first-order valence-electron chi connectivity index (χ1n) is 7.10. The van der Waals surface area contributed by atoms with E-state index in [9.17, 15) is 5.11 Å². The number of anilines is 1. The number of nitrogens with one attached hydrogen (secondary N) is 1. The Hall–Kier alpha value is -1.46. The van der Waals surface area contributed by atoms with Crippen LogP contribution in [0.1, 0.15) is 20.8 Å². The number of hydrogen-bond acceptors (Lipinski definition) is 5. The molecule has 0 saturated carbocycles. The predicted molar refractivity (Wildman–Crippen MR) is 79.8 cm³/mol. The topological polar surface area (TPSA) is 60.0 Å². The van der Waals surface area contributed by atoms with E-state index >= 15 is 0 Å². The Morgan fingerprint density at radius 2 is 1.75 bits per heavy atom. The predicted octanol–water partition coefficient (Wildman–Crippen LogP) is 2.29. The molecule has 114 valence electrons. The van der Waals surface area contributed by atoms with Gasteiger partial charge in [0.1, 0.15) is 0 Å². The van der Waals surface area contributed by atoms with E-state index in [-0.39, 0.29) is 0 Å². The summed E-state index contributed by atoms with van der Waals surface area (Å²) >= 11 is 0.